The zero-order chi connectivity index (χ0) is 15.8. The second-order valence-electron chi connectivity index (χ2n) is 6.15. The van der Waals surface area contributed by atoms with E-state index in [2.05, 4.69) is 63.5 Å². The van der Waals surface area contributed by atoms with E-state index in [1.165, 1.54) is 11.3 Å². The van der Waals surface area contributed by atoms with E-state index in [0.717, 1.165) is 31.7 Å². The van der Waals surface area contributed by atoms with Crippen LogP contribution < -0.4 is 10.2 Å². The van der Waals surface area contributed by atoms with E-state index in [0.29, 0.717) is 12.1 Å². The Balaban J connectivity index is 3.07. The standard InChI is InChI=1S/C18H31N3/c1-7-9-17-11-16(13-19-14(3)4)12-18(20-17)21(10-8-2)15(5)6/h8,11-12,14-15,19H,2,7,9-10,13H2,1,3-6H3. The summed E-state index contributed by atoms with van der Waals surface area (Å²) in [4.78, 5) is 7.14. The summed E-state index contributed by atoms with van der Waals surface area (Å²) in [5, 5.41) is 3.49. The van der Waals surface area contributed by atoms with E-state index >= 15 is 0 Å². The molecule has 0 unspecified atom stereocenters. The van der Waals surface area contributed by atoms with Crippen LogP contribution in [0.25, 0.3) is 0 Å². The fraction of sp³-hybridized carbons (Fsp3) is 0.611. The van der Waals surface area contributed by atoms with E-state index < -0.39 is 0 Å². The van der Waals surface area contributed by atoms with Crippen LogP contribution in [-0.4, -0.2) is 23.6 Å². The van der Waals surface area contributed by atoms with Gasteiger partial charge in [0.05, 0.1) is 0 Å². The minimum atomic E-state index is 0.415. The Kier molecular flexibility index (Phi) is 7.44. The second-order valence-corrected chi connectivity index (χ2v) is 6.15. The van der Waals surface area contributed by atoms with Crippen LogP contribution in [0.5, 0.6) is 0 Å². The van der Waals surface area contributed by atoms with Crippen molar-refractivity contribution >= 4 is 5.82 Å². The number of aryl methyl sites for hydroxylation is 1. The Morgan fingerprint density at radius 3 is 2.52 bits per heavy atom. The lowest BCUT2D eigenvalue weighted by Gasteiger charge is -2.27. The zero-order valence-corrected chi connectivity index (χ0v) is 14.3. The van der Waals surface area contributed by atoms with Crippen molar-refractivity contribution in [2.24, 2.45) is 0 Å². The lowest BCUT2D eigenvalue weighted by atomic mass is 10.1. The molecule has 0 saturated carbocycles. The number of pyridine rings is 1. The maximum atomic E-state index is 4.84. The van der Waals surface area contributed by atoms with E-state index in [4.69, 9.17) is 4.98 Å². The predicted molar refractivity (Wildman–Crippen MR) is 92.9 cm³/mol. The van der Waals surface area contributed by atoms with E-state index in [1.807, 2.05) is 6.08 Å². The summed E-state index contributed by atoms with van der Waals surface area (Å²) in [5.74, 6) is 1.07. The molecule has 0 aromatic carbocycles. The van der Waals surface area contributed by atoms with Gasteiger partial charge in [0.25, 0.3) is 0 Å². The molecule has 3 nitrogen and oxygen atoms in total. The monoisotopic (exact) mass is 289 g/mol. The number of hydrogen-bond acceptors (Lipinski definition) is 3. The van der Waals surface area contributed by atoms with Crippen molar-refractivity contribution < 1.29 is 0 Å². The number of anilines is 1. The first-order valence-electron chi connectivity index (χ1n) is 8.08. The quantitative estimate of drug-likeness (QED) is 0.698. The summed E-state index contributed by atoms with van der Waals surface area (Å²) in [6.45, 7) is 16.5. The van der Waals surface area contributed by atoms with Gasteiger partial charge in [-0.25, -0.2) is 4.98 Å². The molecule has 118 valence electrons. The molecule has 0 aliphatic carbocycles. The van der Waals surface area contributed by atoms with Gasteiger partial charge in [-0.1, -0.05) is 33.3 Å². The molecule has 1 rings (SSSR count). The van der Waals surface area contributed by atoms with Crippen molar-refractivity contribution in [3.63, 3.8) is 0 Å². The summed E-state index contributed by atoms with van der Waals surface area (Å²) >= 11 is 0. The van der Waals surface area contributed by atoms with Gasteiger partial charge in [0.15, 0.2) is 0 Å². The zero-order valence-electron chi connectivity index (χ0n) is 14.3. The molecule has 0 atom stereocenters. The van der Waals surface area contributed by atoms with Gasteiger partial charge in [0.2, 0.25) is 0 Å². The lowest BCUT2D eigenvalue weighted by molar-refractivity contribution is 0.587. The topological polar surface area (TPSA) is 28.2 Å². The molecule has 0 radical (unpaired) electrons. The van der Waals surface area contributed by atoms with Gasteiger partial charge in [0.1, 0.15) is 5.82 Å². The van der Waals surface area contributed by atoms with Crippen molar-refractivity contribution in [2.45, 2.75) is 66.1 Å². The van der Waals surface area contributed by atoms with Gasteiger partial charge in [0, 0.05) is 30.9 Å². The molecule has 0 spiro atoms. The third kappa shape index (κ3) is 5.88. The smallest absolute Gasteiger partial charge is 0.129 e. The van der Waals surface area contributed by atoms with Crippen LogP contribution in [0.3, 0.4) is 0 Å². The first-order valence-corrected chi connectivity index (χ1v) is 8.08. The van der Waals surface area contributed by atoms with Crippen molar-refractivity contribution in [1.29, 1.82) is 0 Å². The average molecular weight is 289 g/mol. The third-order valence-electron chi connectivity index (χ3n) is 3.39. The van der Waals surface area contributed by atoms with Crippen LogP contribution in [0.15, 0.2) is 24.8 Å². The molecule has 0 saturated heterocycles. The van der Waals surface area contributed by atoms with Gasteiger partial charge >= 0.3 is 0 Å². The largest absolute Gasteiger partial charge is 0.350 e. The van der Waals surface area contributed by atoms with Gasteiger partial charge in [-0.2, -0.15) is 0 Å². The molecule has 1 aromatic rings. The van der Waals surface area contributed by atoms with Gasteiger partial charge in [-0.3, -0.25) is 0 Å². The first kappa shape index (κ1) is 17.7. The Morgan fingerprint density at radius 1 is 1.29 bits per heavy atom. The molecule has 0 aliphatic heterocycles. The highest BCUT2D eigenvalue weighted by atomic mass is 15.2. The average Bonchev–Trinajstić information content (AvgIpc) is 2.42. The molecule has 1 N–H and O–H groups in total. The number of aromatic nitrogens is 1. The van der Waals surface area contributed by atoms with Crippen LogP contribution >= 0.6 is 0 Å². The summed E-state index contributed by atoms with van der Waals surface area (Å²) in [6.07, 6.45) is 4.10. The normalized spacial score (nSPS) is 11.2. The van der Waals surface area contributed by atoms with E-state index in [9.17, 15) is 0 Å². The van der Waals surface area contributed by atoms with Gasteiger partial charge < -0.3 is 10.2 Å². The maximum absolute atomic E-state index is 4.84. The molecular weight excluding hydrogens is 258 g/mol. The van der Waals surface area contributed by atoms with Gasteiger partial charge in [-0.05, 0) is 38.0 Å². The Bertz CT molecular complexity index is 438. The highest BCUT2D eigenvalue weighted by molar-refractivity contribution is 5.44. The Morgan fingerprint density at radius 2 is 2.00 bits per heavy atom. The Hall–Kier alpha value is -1.35. The Labute approximate surface area is 130 Å². The number of rotatable bonds is 9. The predicted octanol–water partition coefficient (Wildman–Crippen LogP) is 3.93. The molecule has 0 aliphatic rings. The van der Waals surface area contributed by atoms with Crippen LogP contribution in [0.2, 0.25) is 0 Å². The molecule has 0 amide bonds. The van der Waals surface area contributed by atoms with Crippen LogP contribution in [0.1, 0.15) is 52.3 Å². The molecular formula is C18H31N3. The summed E-state index contributed by atoms with van der Waals surface area (Å²) in [7, 11) is 0. The van der Waals surface area contributed by atoms with E-state index in [1.54, 1.807) is 0 Å². The summed E-state index contributed by atoms with van der Waals surface area (Å²) in [6, 6.07) is 5.34. The minimum absolute atomic E-state index is 0.415. The molecule has 1 aromatic heterocycles. The molecule has 1 heterocycles. The van der Waals surface area contributed by atoms with E-state index in [-0.39, 0.29) is 0 Å². The van der Waals surface area contributed by atoms with Gasteiger partial charge in [-0.15, -0.1) is 6.58 Å². The molecule has 0 fully saturated rings. The fourth-order valence-corrected chi connectivity index (χ4v) is 2.30. The third-order valence-corrected chi connectivity index (χ3v) is 3.39. The first-order chi connectivity index (χ1) is 9.97. The number of hydrogen-bond donors (Lipinski definition) is 1. The summed E-state index contributed by atoms with van der Waals surface area (Å²) < 4.78 is 0. The molecule has 0 bridgehead atoms. The molecule has 3 heteroatoms. The van der Waals surface area contributed by atoms with Crippen LogP contribution in [-0.2, 0) is 13.0 Å². The summed E-state index contributed by atoms with van der Waals surface area (Å²) in [5.41, 5.74) is 2.50. The highest BCUT2D eigenvalue weighted by Gasteiger charge is 2.12. The van der Waals surface area contributed by atoms with Crippen molar-refractivity contribution in [3.8, 4) is 0 Å². The fourth-order valence-electron chi connectivity index (χ4n) is 2.30. The minimum Gasteiger partial charge on any atom is -0.350 e. The molecule has 21 heavy (non-hydrogen) atoms. The number of nitrogens with one attached hydrogen (secondary N) is 1. The SMILES string of the molecule is C=CCN(c1cc(CNC(C)C)cc(CCC)n1)C(C)C. The highest BCUT2D eigenvalue weighted by Crippen LogP contribution is 2.19. The second kappa shape index (κ2) is 8.83. The van der Waals surface area contributed by atoms with Crippen LogP contribution in [0.4, 0.5) is 5.82 Å². The number of nitrogens with zero attached hydrogens (tertiary/aromatic N) is 2. The maximum Gasteiger partial charge on any atom is 0.129 e. The van der Waals surface area contributed by atoms with Crippen LogP contribution in [0, 0.1) is 0 Å². The van der Waals surface area contributed by atoms with Crippen molar-refractivity contribution in [2.75, 3.05) is 11.4 Å². The van der Waals surface area contributed by atoms with Crippen molar-refractivity contribution in [1.82, 2.24) is 10.3 Å². The van der Waals surface area contributed by atoms with Crippen molar-refractivity contribution in [3.05, 3.63) is 36.0 Å². The lowest BCUT2D eigenvalue weighted by Crippen LogP contribution is -2.32.